The molecule has 7 heteroatoms. The zero-order valence-electron chi connectivity index (χ0n) is 13.3. The quantitative estimate of drug-likeness (QED) is 0.573. The van der Waals surface area contributed by atoms with E-state index in [-0.39, 0.29) is 5.91 Å². The average molecular weight is 350 g/mol. The first-order valence-corrected chi connectivity index (χ1v) is 8.50. The zero-order valence-corrected chi connectivity index (χ0v) is 14.1. The van der Waals surface area contributed by atoms with E-state index in [1.165, 1.54) is 0 Å². The third kappa shape index (κ3) is 3.22. The number of aryl methyl sites for hydroxylation is 1. The van der Waals surface area contributed by atoms with E-state index >= 15 is 0 Å². The summed E-state index contributed by atoms with van der Waals surface area (Å²) in [5, 5.41) is 12.7. The summed E-state index contributed by atoms with van der Waals surface area (Å²) < 4.78 is 5.28. The largest absolute Gasteiger partial charge is 0.463 e. The highest BCUT2D eigenvalue weighted by molar-refractivity contribution is 7.09. The summed E-state index contributed by atoms with van der Waals surface area (Å²) in [7, 11) is 0. The molecule has 4 aromatic rings. The number of aromatic amines is 1. The number of furan rings is 1. The molecule has 0 atom stereocenters. The van der Waals surface area contributed by atoms with Gasteiger partial charge in [-0.05, 0) is 31.2 Å². The molecule has 0 saturated carbocycles. The highest BCUT2D eigenvalue weighted by atomic mass is 32.1. The van der Waals surface area contributed by atoms with Crippen LogP contribution in [0.5, 0.6) is 0 Å². The molecule has 0 saturated heterocycles. The van der Waals surface area contributed by atoms with E-state index in [9.17, 15) is 4.79 Å². The minimum absolute atomic E-state index is 0.286. The number of anilines is 1. The van der Waals surface area contributed by atoms with Gasteiger partial charge >= 0.3 is 0 Å². The molecule has 124 valence electrons. The number of hydrogen-bond acceptors (Lipinski definition) is 5. The first kappa shape index (κ1) is 15.3. The van der Waals surface area contributed by atoms with Crippen molar-refractivity contribution in [2.45, 2.75) is 6.92 Å². The van der Waals surface area contributed by atoms with Crippen molar-refractivity contribution in [2.24, 2.45) is 0 Å². The normalized spacial score (nSPS) is 10.8. The maximum absolute atomic E-state index is 12.3. The lowest BCUT2D eigenvalue weighted by Gasteiger charge is -2.04. The van der Waals surface area contributed by atoms with Crippen molar-refractivity contribution < 1.29 is 9.21 Å². The predicted octanol–water partition coefficient (Wildman–Crippen LogP) is 4.35. The molecule has 6 nitrogen and oxygen atoms in total. The van der Waals surface area contributed by atoms with Gasteiger partial charge < -0.3 is 9.73 Å². The van der Waals surface area contributed by atoms with Gasteiger partial charge in [-0.15, -0.1) is 11.3 Å². The molecule has 0 unspecified atom stereocenters. The fraction of sp³-hybridized carbons (Fsp3) is 0.0556. The Bertz CT molecular complexity index is 1000. The fourth-order valence-corrected chi connectivity index (χ4v) is 3.03. The topological polar surface area (TPSA) is 83.8 Å². The molecule has 0 fully saturated rings. The lowest BCUT2D eigenvalue weighted by atomic mass is 10.1. The summed E-state index contributed by atoms with van der Waals surface area (Å²) >= 11 is 1.61. The van der Waals surface area contributed by atoms with E-state index in [0.29, 0.717) is 22.8 Å². The van der Waals surface area contributed by atoms with E-state index in [1.54, 1.807) is 35.8 Å². The van der Waals surface area contributed by atoms with Gasteiger partial charge in [0.25, 0.3) is 5.91 Å². The number of benzene rings is 1. The number of rotatable bonds is 4. The van der Waals surface area contributed by atoms with Crippen molar-refractivity contribution in [2.75, 3.05) is 5.32 Å². The SMILES string of the molecule is Cc1nc(-c2ccc(NC(=O)c3cc(-c4ccco4)[nH]n3)cc2)cs1. The van der Waals surface area contributed by atoms with Gasteiger partial charge in [0.2, 0.25) is 0 Å². The molecule has 0 spiro atoms. The number of nitrogens with zero attached hydrogens (tertiary/aromatic N) is 2. The minimum Gasteiger partial charge on any atom is -0.463 e. The van der Waals surface area contributed by atoms with E-state index < -0.39 is 0 Å². The first-order valence-electron chi connectivity index (χ1n) is 7.62. The monoisotopic (exact) mass is 350 g/mol. The van der Waals surface area contributed by atoms with Gasteiger partial charge in [-0.3, -0.25) is 9.89 Å². The van der Waals surface area contributed by atoms with E-state index in [1.807, 2.05) is 36.6 Å². The molecular weight excluding hydrogens is 336 g/mol. The molecule has 0 aliphatic heterocycles. The molecule has 0 aliphatic carbocycles. The lowest BCUT2D eigenvalue weighted by Crippen LogP contribution is -2.12. The molecule has 0 aliphatic rings. The number of carbonyl (C=O) groups is 1. The Balaban J connectivity index is 1.47. The van der Waals surface area contributed by atoms with Crippen LogP contribution in [-0.4, -0.2) is 21.1 Å². The smallest absolute Gasteiger partial charge is 0.276 e. The second-order valence-corrected chi connectivity index (χ2v) is 6.49. The number of nitrogens with one attached hydrogen (secondary N) is 2. The number of thiazole rings is 1. The number of aromatic nitrogens is 3. The van der Waals surface area contributed by atoms with Crippen LogP contribution >= 0.6 is 11.3 Å². The number of H-pyrrole nitrogens is 1. The second kappa shape index (κ2) is 6.37. The highest BCUT2D eigenvalue weighted by Crippen LogP contribution is 2.23. The van der Waals surface area contributed by atoms with E-state index in [2.05, 4.69) is 20.5 Å². The number of carbonyl (C=O) groups excluding carboxylic acids is 1. The van der Waals surface area contributed by atoms with Crippen LogP contribution < -0.4 is 5.32 Å². The Morgan fingerprint density at radius 3 is 2.76 bits per heavy atom. The summed E-state index contributed by atoms with van der Waals surface area (Å²) in [5.41, 5.74) is 3.61. The minimum atomic E-state index is -0.286. The summed E-state index contributed by atoms with van der Waals surface area (Å²) in [6, 6.07) is 12.8. The predicted molar refractivity (Wildman–Crippen MR) is 96.5 cm³/mol. The average Bonchev–Trinajstić information content (AvgIpc) is 3.36. The molecule has 0 bridgehead atoms. The van der Waals surface area contributed by atoms with Crippen LogP contribution in [-0.2, 0) is 0 Å². The van der Waals surface area contributed by atoms with Crippen LogP contribution in [0.15, 0.2) is 58.5 Å². The summed E-state index contributed by atoms with van der Waals surface area (Å²) in [6.07, 6.45) is 1.57. The zero-order chi connectivity index (χ0) is 17.2. The van der Waals surface area contributed by atoms with Crippen molar-refractivity contribution in [3.63, 3.8) is 0 Å². The van der Waals surface area contributed by atoms with Crippen LogP contribution in [0.25, 0.3) is 22.7 Å². The second-order valence-electron chi connectivity index (χ2n) is 5.43. The third-order valence-corrected chi connectivity index (χ3v) is 4.43. The Morgan fingerprint density at radius 1 is 1.24 bits per heavy atom. The van der Waals surface area contributed by atoms with Crippen molar-refractivity contribution >= 4 is 22.9 Å². The van der Waals surface area contributed by atoms with Crippen molar-refractivity contribution in [1.82, 2.24) is 15.2 Å². The first-order chi connectivity index (χ1) is 12.2. The Hall–Kier alpha value is -3.19. The summed E-state index contributed by atoms with van der Waals surface area (Å²) in [6.45, 7) is 1.98. The van der Waals surface area contributed by atoms with Gasteiger partial charge in [0.05, 0.1) is 17.0 Å². The lowest BCUT2D eigenvalue weighted by molar-refractivity contribution is 0.102. The molecule has 2 N–H and O–H groups in total. The third-order valence-electron chi connectivity index (χ3n) is 3.65. The van der Waals surface area contributed by atoms with Gasteiger partial charge in [-0.1, -0.05) is 12.1 Å². The van der Waals surface area contributed by atoms with E-state index in [0.717, 1.165) is 16.3 Å². The van der Waals surface area contributed by atoms with E-state index in [4.69, 9.17) is 4.42 Å². The van der Waals surface area contributed by atoms with Crippen LogP contribution in [0.4, 0.5) is 5.69 Å². The van der Waals surface area contributed by atoms with Gasteiger partial charge in [0.1, 0.15) is 5.69 Å². The van der Waals surface area contributed by atoms with Crippen LogP contribution in [0, 0.1) is 6.92 Å². The molecule has 3 heterocycles. The number of hydrogen-bond donors (Lipinski definition) is 2. The molecule has 3 aromatic heterocycles. The summed E-state index contributed by atoms with van der Waals surface area (Å²) in [4.78, 5) is 16.8. The molecule has 1 aromatic carbocycles. The summed E-state index contributed by atoms with van der Waals surface area (Å²) in [5.74, 6) is 0.348. The Labute approximate surface area is 147 Å². The molecule has 25 heavy (non-hydrogen) atoms. The van der Waals surface area contributed by atoms with Crippen molar-refractivity contribution in [3.05, 3.63) is 64.8 Å². The number of amides is 1. The molecule has 1 amide bonds. The Kier molecular flexibility index (Phi) is 3.91. The molecule has 0 radical (unpaired) electrons. The van der Waals surface area contributed by atoms with Gasteiger partial charge in [-0.2, -0.15) is 5.10 Å². The van der Waals surface area contributed by atoms with Crippen molar-refractivity contribution in [1.29, 1.82) is 0 Å². The van der Waals surface area contributed by atoms with Crippen molar-refractivity contribution in [3.8, 4) is 22.7 Å². The maximum Gasteiger partial charge on any atom is 0.276 e. The van der Waals surface area contributed by atoms with Gasteiger partial charge in [-0.25, -0.2) is 4.98 Å². The van der Waals surface area contributed by atoms with Crippen LogP contribution in [0.1, 0.15) is 15.5 Å². The molecular formula is C18H14N4O2S. The molecule has 4 rings (SSSR count). The maximum atomic E-state index is 12.3. The fourth-order valence-electron chi connectivity index (χ4n) is 2.41. The van der Waals surface area contributed by atoms with Gasteiger partial charge in [0.15, 0.2) is 11.5 Å². The van der Waals surface area contributed by atoms with Crippen LogP contribution in [0.3, 0.4) is 0 Å². The highest BCUT2D eigenvalue weighted by Gasteiger charge is 2.13. The standard InChI is InChI=1S/C18H14N4O2S/c1-11-19-16(10-25-11)12-4-6-13(7-5-12)20-18(23)15-9-14(21-22-15)17-3-2-8-24-17/h2-10H,1H3,(H,20,23)(H,21,22). The van der Waals surface area contributed by atoms with Gasteiger partial charge in [0, 0.05) is 22.7 Å². The Morgan fingerprint density at radius 2 is 2.08 bits per heavy atom. The van der Waals surface area contributed by atoms with Crippen LogP contribution in [0.2, 0.25) is 0 Å².